The summed E-state index contributed by atoms with van der Waals surface area (Å²) in [6.45, 7) is 8.26. The van der Waals surface area contributed by atoms with Gasteiger partial charge in [-0.3, -0.25) is 24.2 Å². The molecule has 17 heteroatoms. The first-order chi connectivity index (χ1) is 30.2. The number of methoxy groups -OCH3 is 1. The van der Waals surface area contributed by atoms with Gasteiger partial charge in [0.1, 0.15) is 36.5 Å². The highest BCUT2D eigenvalue weighted by atomic mass is 32.2. The van der Waals surface area contributed by atoms with Crippen LogP contribution in [0.25, 0.3) is 6.08 Å². The standard InChI is InChI=1S/C46H52N6O10S/c1-21(2)35(50-44(56)24(5)48-31(53)14-13-25-11-9-8-10-12-25)45(57)49-27-19-63-43-34-33(42-41(61-20-62-42)23(4)38(34)54)30(18-60-46(27)58)52-29(17-47)28-16-26-15-22(3)40(59-7)39(55)32(26)36(37(43)52)51(28)6/h8-15,21,24,27-30,35-37,43,54-55H,16,18-20H2,1-7H3,(H,48,53)(H,49,57)(H,50,56)/b14-13+/t24?,27-,28-,29-,30-,35?,36+,37?,43+/m0/s1. The molecule has 3 unspecified atom stereocenters. The van der Waals surface area contributed by atoms with E-state index in [2.05, 4.69) is 31.8 Å². The first kappa shape index (κ1) is 43.7. The van der Waals surface area contributed by atoms with Crippen molar-refractivity contribution in [1.82, 2.24) is 25.8 Å². The molecule has 6 aliphatic heterocycles. The number of nitrogens with zero attached hydrogens (tertiary/aromatic N) is 3. The number of amides is 3. The third kappa shape index (κ3) is 7.57. The molecule has 0 radical (unpaired) electrons. The predicted octanol–water partition coefficient (Wildman–Crippen LogP) is 3.86. The van der Waals surface area contributed by atoms with E-state index in [0.717, 1.165) is 16.7 Å². The van der Waals surface area contributed by atoms with Gasteiger partial charge in [0.05, 0.1) is 30.5 Å². The number of benzene rings is 3. The molecule has 3 aromatic carbocycles. The number of ether oxygens (including phenoxy) is 4. The van der Waals surface area contributed by atoms with Gasteiger partial charge in [-0.2, -0.15) is 5.26 Å². The number of aromatic hydroxyl groups is 2. The molecule has 6 aliphatic rings. The molecule has 4 bridgehead atoms. The van der Waals surface area contributed by atoms with Crippen molar-refractivity contribution in [3.8, 4) is 34.8 Å². The van der Waals surface area contributed by atoms with Crippen LogP contribution in [-0.2, 0) is 30.3 Å². The number of aryl methyl sites for hydroxylation is 1. The Morgan fingerprint density at radius 1 is 1.00 bits per heavy atom. The summed E-state index contributed by atoms with van der Waals surface area (Å²) in [5.74, 6) is -1.81. The Hall–Kier alpha value is -5.96. The van der Waals surface area contributed by atoms with Gasteiger partial charge < -0.3 is 45.1 Å². The van der Waals surface area contributed by atoms with E-state index >= 15 is 0 Å². The number of thioether (sulfide) groups is 1. The average Bonchev–Trinajstić information content (AvgIpc) is 3.75. The number of piperazine rings is 1. The third-order valence-corrected chi connectivity index (χ3v) is 14.4. The highest BCUT2D eigenvalue weighted by Gasteiger charge is 2.60. The van der Waals surface area contributed by atoms with Crippen LogP contribution in [-0.4, -0.2) is 113 Å². The highest BCUT2D eigenvalue weighted by Crippen LogP contribution is 2.63. The van der Waals surface area contributed by atoms with Crippen LogP contribution in [0.3, 0.4) is 0 Å². The summed E-state index contributed by atoms with van der Waals surface area (Å²) in [6.07, 6.45) is 3.40. The fourth-order valence-electron chi connectivity index (χ4n) is 9.95. The zero-order chi connectivity index (χ0) is 45.0. The number of hydrogen-bond acceptors (Lipinski definition) is 14. The van der Waals surface area contributed by atoms with E-state index in [4.69, 9.17) is 18.9 Å². The number of esters is 1. The number of carbonyl (C=O) groups excluding carboxylic acids is 4. The number of likely N-dealkylation sites (N-methyl/N-ethyl adjacent to an activating group) is 1. The van der Waals surface area contributed by atoms with Crippen molar-refractivity contribution in [2.24, 2.45) is 5.92 Å². The maximum Gasteiger partial charge on any atom is 0.329 e. The SMILES string of the molecule is COc1c(C)cc2c(c1O)[C@@H]1C3[C@@H]4SC[C@H](NC(=O)C(NC(=O)C(C)NC(=O)/C=C/c5ccccc5)C(C)C)C(=O)OC[C@@H](c5c6c(c(C)c(O)c54)OCO6)N3[C@@H](C#N)[C@H](C2)N1C. The number of hydrogen-bond donors (Lipinski definition) is 5. The summed E-state index contributed by atoms with van der Waals surface area (Å²) in [7, 11) is 3.44. The zero-order valence-corrected chi connectivity index (χ0v) is 36.9. The molecule has 6 heterocycles. The van der Waals surface area contributed by atoms with Gasteiger partial charge in [-0.05, 0) is 62.9 Å². The summed E-state index contributed by atoms with van der Waals surface area (Å²) in [5, 5.41) is 42.7. The summed E-state index contributed by atoms with van der Waals surface area (Å²) in [5.41, 5.74) is 4.67. The average molecular weight is 881 g/mol. The van der Waals surface area contributed by atoms with Gasteiger partial charge in [-0.15, -0.1) is 11.8 Å². The number of carbonyl (C=O) groups is 4. The molecule has 63 heavy (non-hydrogen) atoms. The largest absolute Gasteiger partial charge is 0.507 e. The van der Waals surface area contributed by atoms with Crippen molar-refractivity contribution < 1.29 is 48.3 Å². The molecule has 2 fully saturated rings. The van der Waals surface area contributed by atoms with Crippen molar-refractivity contribution in [2.45, 2.75) is 94.6 Å². The number of phenolic OH excluding ortho intramolecular Hbond substituents is 2. The molecule has 16 nitrogen and oxygen atoms in total. The maximum atomic E-state index is 14.2. The van der Waals surface area contributed by atoms with Crippen LogP contribution in [0, 0.1) is 31.1 Å². The highest BCUT2D eigenvalue weighted by molar-refractivity contribution is 7.99. The lowest BCUT2D eigenvalue weighted by atomic mass is 9.71. The number of nitrogens with one attached hydrogen (secondary N) is 3. The summed E-state index contributed by atoms with van der Waals surface area (Å²) >= 11 is 1.31. The van der Waals surface area contributed by atoms with E-state index in [1.54, 1.807) is 26.8 Å². The van der Waals surface area contributed by atoms with Crippen molar-refractivity contribution in [3.05, 3.63) is 81.4 Å². The number of nitriles is 1. The number of phenols is 2. The van der Waals surface area contributed by atoms with Crippen molar-refractivity contribution in [2.75, 3.05) is 33.3 Å². The van der Waals surface area contributed by atoms with Crippen molar-refractivity contribution >= 4 is 41.5 Å². The monoisotopic (exact) mass is 880 g/mol. The van der Waals surface area contributed by atoms with Crippen LogP contribution in [0.5, 0.6) is 28.7 Å². The first-order valence-electron chi connectivity index (χ1n) is 21.0. The molecule has 9 rings (SSSR count). The van der Waals surface area contributed by atoms with Gasteiger partial charge >= 0.3 is 5.97 Å². The molecule has 0 spiro atoms. The topological polar surface area (TPSA) is 212 Å². The summed E-state index contributed by atoms with van der Waals surface area (Å²) < 4.78 is 23.8. The second-order valence-corrected chi connectivity index (χ2v) is 18.2. The molecule has 3 amide bonds. The van der Waals surface area contributed by atoms with Crippen LogP contribution in [0.1, 0.15) is 77.0 Å². The van der Waals surface area contributed by atoms with Crippen molar-refractivity contribution in [1.29, 1.82) is 5.26 Å². The molecule has 0 saturated carbocycles. The Kier molecular flexibility index (Phi) is 12.0. The van der Waals surface area contributed by atoms with Gasteiger partial charge in [0, 0.05) is 46.2 Å². The van der Waals surface area contributed by atoms with Crippen LogP contribution < -0.4 is 30.2 Å². The molecular weight excluding hydrogens is 829 g/mol. The second-order valence-electron chi connectivity index (χ2n) is 17.1. The summed E-state index contributed by atoms with van der Waals surface area (Å²) in [6, 6.07) is 7.50. The molecular formula is C46H52N6O10S. The van der Waals surface area contributed by atoms with E-state index in [9.17, 15) is 34.7 Å². The lowest BCUT2D eigenvalue weighted by Crippen LogP contribution is -2.69. The third-order valence-electron chi connectivity index (χ3n) is 13.0. The Morgan fingerprint density at radius 3 is 2.43 bits per heavy atom. The Labute approximate surface area is 369 Å². The summed E-state index contributed by atoms with van der Waals surface area (Å²) in [4.78, 5) is 58.5. The van der Waals surface area contributed by atoms with E-state index in [1.165, 1.54) is 31.9 Å². The van der Waals surface area contributed by atoms with Gasteiger partial charge in [-0.25, -0.2) is 4.79 Å². The normalized spacial score (nSPS) is 25.8. The maximum absolute atomic E-state index is 14.2. The zero-order valence-electron chi connectivity index (χ0n) is 36.1. The Balaban J connectivity index is 1.12. The van der Waals surface area contributed by atoms with Crippen molar-refractivity contribution in [3.63, 3.8) is 0 Å². The molecule has 0 aliphatic carbocycles. The Morgan fingerprint density at radius 2 is 1.73 bits per heavy atom. The fraction of sp³-hybridized carbons (Fsp3) is 0.457. The minimum Gasteiger partial charge on any atom is -0.507 e. The van der Waals surface area contributed by atoms with Crippen LogP contribution in [0.4, 0.5) is 0 Å². The van der Waals surface area contributed by atoms with Gasteiger partial charge in [0.25, 0.3) is 0 Å². The second kappa shape index (κ2) is 17.3. The number of fused-ring (bicyclic) bond motifs is 10. The lowest BCUT2D eigenvalue weighted by molar-refractivity contribution is -0.153. The molecule has 2 saturated heterocycles. The fourth-order valence-corrected chi connectivity index (χ4v) is 11.5. The Bertz CT molecular complexity index is 2420. The van der Waals surface area contributed by atoms with Gasteiger partial charge in [0.2, 0.25) is 24.5 Å². The van der Waals surface area contributed by atoms with Crippen LogP contribution in [0.15, 0.2) is 42.5 Å². The molecule has 9 atom stereocenters. The molecule has 0 aromatic heterocycles. The number of rotatable bonds is 9. The quantitative estimate of drug-likeness (QED) is 0.153. The van der Waals surface area contributed by atoms with E-state index in [-0.39, 0.29) is 36.7 Å². The minimum absolute atomic E-state index is 0.00156. The molecule has 5 N–H and O–H groups in total. The van der Waals surface area contributed by atoms with Crippen LogP contribution >= 0.6 is 11.8 Å². The molecule has 3 aromatic rings. The van der Waals surface area contributed by atoms with E-state index < -0.39 is 77.2 Å². The smallest absolute Gasteiger partial charge is 0.329 e. The lowest BCUT2D eigenvalue weighted by Gasteiger charge is -2.61. The van der Waals surface area contributed by atoms with E-state index in [1.807, 2.05) is 50.4 Å². The first-order valence-corrected chi connectivity index (χ1v) is 22.1. The van der Waals surface area contributed by atoms with Crippen LogP contribution in [0.2, 0.25) is 0 Å². The van der Waals surface area contributed by atoms with Gasteiger partial charge in [0.15, 0.2) is 23.0 Å². The molecule has 332 valence electrons. The van der Waals surface area contributed by atoms with E-state index in [0.29, 0.717) is 45.9 Å². The predicted molar refractivity (Wildman–Crippen MR) is 232 cm³/mol. The van der Waals surface area contributed by atoms with Gasteiger partial charge in [-0.1, -0.05) is 50.2 Å². The minimum atomic E-state index is -1.20.